The van der Waals surface area contributed by atoms with Gasteiger partial charge in [-0.05, 0) is 35.7 Å². The average molecular weight is 385 g/mol. The van der Waals surface area contributed by atoms with Gasteiger partial charge in [0.25, 0.3) is 0 Å². The quantitative estimate of drug-likeness (QED) is 0.624. The van der Waals surface area contributed by atoms with Gasteiger partial charge in [-0.3, -0.25) is 0 Å². The molecule has 0 aliphatic carbocycles. The summed E-state index contributed by atoms with van der Waals surface area (Å²) >= 11 is 0. The predicted molar refractivity (Wildman–Crippen MR) is 110 cm³/mol. The van der Waals surface area contributed by atoms with E-state index < -0.39 is 10.0 Å². The first-order valence-corrected chi connectivity index (χ1v) is 10.2. The Morgan fingerprint density at radius 3 is 2.22 bits per heavy atom. The highest BCUT2D eigenvalue weighted by molar-refractivity contribution is 7.89. The Balaban J connectivity index is 1.63. The van der Waals surface area contributed by atoms with Gasteiger partial charge in [0.05, 0.1) is 11.4 Å². The number of nitrogens with zero attached hydrogens (tertiary/aromatic N) is 2. The second-order valence-corrected chi connectivity index (χ2v) is 8.68. The summed E-state index contributed by atoms with van der Waals surface area (Å²) in [5.41, 5.74) is 1.16. The molecule has 27 heavy (non-hydrogen) atoms. The average Bonchev–Trinajstić information content (AvgIpc) is 2.67. The summed E-state index contributed by atoms with van der Waals surface area (Å²) in [6, 6.07) is 21.1. The third-order valence-electron chi connectivity index (χ3n) is 4.48. The molecule has 6 heteroatoms. The molecule has 0 saturated heterocycles. The summed E-state index contributed by atoms with van der Waals surface area (Å²) in [4.78, 5) is 2.42. The normalized spacial score (nSPS) is 11.7. The minimum absolute atomic E-state index is 0.257. The Labute approximate surface area is 160 Å². The van der Waals surface area contributed by atoms with Crippen LogP contribution in [0.2, 0.25) is 0 Å². The highest BCUT2D eigenvalue weighted by Crippen LogP contribution is 2.25. The lowest BCUT2D eigenvalue weighted by atomic mass is 10.1. The third kappa shape index (κ3) is 4.23. The summed E-state index contributed by atoms with van der Waals surface area (Å²) in [7, 11) is 1.66. The summed E-state index contributed by atoms with van der Waals surface area (Å²) in [6.07, 6.45) is 0. The molecule has 0 heterocycles. The van der Waals surface area contributed by atoms with Gasteiger partial charge in [-0.25, -0.2) is 12.7 Å². The number of fused-ring (bicyclic) bond motifs is 1. The minimum Gasteiger partial charge on any atom is -0.492 e. The third-order valence-corrected chi connectivity index (χ3v) is 6.30. The molecule has 0 aromatic heterocycles. The maximum Gasteiger partial charge on any atom is 0.242 e. The monoisotopic (exact) mass is 384 g/mol. The van der Waals surface area contributed by atoms with Crippen LogP contribution in [0.15, 0.2) is 71.6 Å². The summed E-state index contributed by atoms with van der Waals surface area (Å²) < 4.78 is 31.2. The van der Waals surface area contributed by atoms with Gasteiger partial charge in [-0.15, -0.1) is 0 Å². The van der Waals surface area contributed by atoms with Crippen molar-refractivity contribution in [3.05, 3.63) is 66.7 Å². The van der Waals surface area contributed by atoms with Crippen LogP contribution in [0.4, 0.5) is 5.69 Å². The molecule has 3 aromatic carbocycles. The van der Waals surface area contributed by atoms with Gasteiger partial charge in [0.15, 0.2) is 0 Å². The zero-order valence-electron chi connectivity index (χ0n) is 15.8. The standard InChI is InChI=1S/C21H24N2O3S/c1-22(2)27(24,25)19-13-11-18(12-14-19)26-16-15-23(3)21-10-6-8-17-7-4-5-9-20(17)21/h4-14H,15-16H2,1-3H3. The molecule has 0 fully saturated rings. The van der Waals surface area contributed by atoms with Gasteiger partial charge < -0.3 is 9.64 Å². The molecule has 0 spiro atoms. The predicted octanol–water partition coefficient (Wildman–Crippen LogP) is 3.61. The van der Waals surface area contributed by atoms with Crippen LogP contribution in [0.25, 0.3) is 10.8 Å². The van der Waals surface area contributed by atoms with Crippen LogP contribution < -0.4 is 9.64 Å². The molecule has 5 nitrogen and oxygen atoms in total. The molecular formula is C21H24N2O3S. The van der Waals surface area contributed by atoms with Crippen LogP contribution in [-0.2, 0) is 10.0 Å². The van der Waals surface area contributed by atoms with Crippen LogP contribution in [0.1, 0.15) is 0 Å². The number of likely N-dealkylation sites (N-methyl/N-ethyl adjacent to an activating group) is 1. The van der Waals surface area contributed by atoms with Crippen molar-refractivity contribution in [2.45, 2.75) is 4.90 Å². The van der Waals surface area contributed by atoms with Crippen molar-refractivity contribution in [2.75, 3.05) is 39.2 Å². The van der Waals surface area contributed by atoms with E-state index in [9.17, 15) is 8.42 Å². The Kier molecular flexibility index (Phi) is 5.68. The maximum atomic E-state index is 12.1. The summed E-state index contributed by atoms with van der Waals surface area (Å²) in [5.74, 6) is 0.652. The summed E-state index contributed by atoms with van der Waals surface area (Å²) in [6.45, 7) is 1.21. The number of hydrogen-bond acceptors (Lipinski definition) is 4. The number of rotatable bonds is 7. The number of ether oxygens (including phenoxy) is 1. The highest BCUT2D eigenvalue weighted by Gasteiger charge is 2.16. The molecule has 0 N–H and O–H groups in total. The van der Waals surface area contributed by atoms with Crippen LogP contribution in [-0.4, -0.2) is 47.0 Å². The van der Waals surface area contributed by atoms with Gasteiger partial charge in [-0.1, -0.05) is 36.4 Å². The fourth-order valence-electron chi connectivity index (χ4n) is 2.88. The Morgan fingerprint density at radius 1 is 0.852 bits per heavy atom. The molecule has 0 atom stereocenters. The van der Waals surface area contributed by atoms with Crippen molar-refractivity contribution >= 4 is 26.5 Å². The van der Waals surface area contributed by atoms with Crippen LogP contribution in [0.3, 0.4) is 0 Å². The zero-order chi connectivity index (χ0) is 19.4. The largest absolute Gasteiger partial charge is 0.492 e. The first kappa shape index (κ1) is 19.2. The zero-order valence-corrected chi connectivity index (χ0v) is 16.6. The molecule has 142 valence electrons. The first-order chi connectivity index (χ1) is 12.9. The van der Waals surface area contributed by atoms with E-state index in [1.807, 2.05) is 19.2 Å². The van der Waals surface area contributed by atoms with E-state index in [2.05, 4.69) is 35.2 Å². The molecule has 0 unspecified atom stereocenters. The Morgan fingerprint density at radius 2 is 1.52 bits per heavy atom. The molecule has 0 aliphatic rings. The van der Waals surface area contributed by atoms with Gasteiger partial charge in [0, 0.05) is 32.2 Å². The molecule has 3 aromatic rings. The second-order valence-electron chi connectivity index (χ2n) is 6.53. The first-order valence-electron chi connectivity index (χ1n) is 8.74. The van der Waals surface area contributed by atoms with Crippen molar-refractivity contribution in [1.29, 1.82) is 0 Å². The topological polar surface area (TPSA) is 49.9 Å². The molecular weight excluding hydrogens is 360 g/mol. The van der Waals surface area contributed by atoms with E-state index in [1.165, 1.54) is 29.2 Å². The Bertz CT molecular complexity index is 1010. The maximum absolute atomic E-state index is 12.1. The second kappa shape index (κ2) is 7.98. The van der Waals surface area contributed by atoms with Crippen molar-refractivity contribution in [2.24, 2.45) is 0 Å². The minimum atomic E-state index is -3.41. The van der Waals surface area contributed by atoms with Crippen molar-refractivity contribution in [1.82, 2.24) is 4.31 Å². The van der Waals surface area contributed by atoms with Crippen LogP contribution in [0, 0.1) is 0 Å². The molecule has 0 amide bonds. The smallest absolute Gasteiger partial charge is 0.242 e. The van der Waals surface area contributed by atoms with Crippen molar-refractivity contribution < 1.29 is 13.2 Å². The lowest BCUT2D eigenvalue weighted by molar-refractivity contribution is 0.326. The van der Waals surface area contributed by atoms with Crippen molar-refractivity contribution in [3.8, 4) is 5.75 Å². The molecule has 3 rings (SSSR count). The van der Waals surface area contributed by atoms with E-state index in [4.69, 9.17) is 4.74 Å². The van der Waals surface area contributed by atoms with Gasteiger partial charge in [-0.2, -0.15) is 0 Å². The fourth-order valence-corrected chi connectivity index (χ4v) is 3.78. The van der Waals surface area contributed by atoms with Crippen molar-refractivity contribution in [3.63, 3.8) is 0 Å². The van der Waals surface area contributed by atoms with Crippen LogP contribution in [0.5, 0.6) is 5.75 Å². The van der Waals surface area contributed by atoms with E-state index >= 15 is 0 Å². The fraction of sp³-hybridized carbons (Fsp3) is 0.238. The lowest BCUT2D eigenvalue weighted by Crippen LogP contribution is -2.24. The highest BCUT2D eigenvalue weighted by atomic mass is 32.2. The summed E-state index contributed by atoms with van der Waals surface area (Å²) in [5, 5.41) is 2.42. The Hall–Kier alpha value is -2.57. The molecule has 0 radical (unpaired) electrons. The number of anilines is 1. The van der Waals surface area contributed by atoms with E-state index in [0.29, 0.717) is 18.9 Å². The number of sulfonamides is 1. The van der Waals surface area contributed by atoms with Crippen LogP contribution >= 0.6 is 0 Å². The van der Waals surface area contributed by atoms with E-state index in [-0.39, 0.29) is 4.90 Å². The molecule has 0 aliphatic heterocycles. The lowest BCUT2D eigenvalue weighted by Gasteiger charge is -2.21. The SMILES string of the molecule is CN(CCOc1ccc(S(=O)(=O)N(C)C)cc1)c1cccc2ccccc12. The molecule has 0 bridgehead atoms. The van der Waals surface area contributed by atoms with Gasteiger partial charge in [0.2, 0.25) is 10.0 Å². The molecule has 0 saturated carbocycles. The van der Waals surface area contributed by atoms with Gasteiger partial charge in [0.1, 0.15) is 12.4 Å². The van der Waals surface area contributed by atoms with Gasteiger partial charge >= 0.3 is 0 Å². The number of benzene rings is 3. The van der Waals surface area contributed by atoms with E-state index in [0.717, 1.165) is 5.69 Å². The van der Waals surface area contributed by atoms with E-state index in [1.54, 1.807) is 24.3 Å². The number of hydrogen-bond donors (Lipinski definition) is 0.